The molecule has 1 saturated carbocycles. The number of hydrogen-bond donors (Lipinski definition) is 2. The van der Waals surface area contributed by atoms with Crippen LogP contribution in [0.25, 0.3) is 0 Å². The molecule has 0 spiro atoms. The van der Waals surface area contributed by atoms with Crippen molar-refractivity contribution in [3.05, 3.63) is 16.4 Å². The van der Waals surface area contributed by atoms with Crippen LogP contribution in [0.3, 0.4) is 0 Å². The molecular weight excluding hydrogens is 246 g/mol. The van der Waals surface area contributed by atoms with Crippen LogP contribution < -0.4 is 10.6 Å². The molecule has 0 saturated heterocycles. The average molecular weight is 265 g/mol. The number of hydrogen-bond acceptors (Lipinski definition) is 6. The van der Waals surface area contributed by atoms with Crippen molar-refractivity contribution in [1.82, 2.24) is 9.97 Å². The van der Waals surface area contributed by atoms with Crippen molar-refractivity contribution in [2.24, 2.45) is 11.8 Å². The van der Waals surface area contributed by atoms with E-state index >= 15 is 0 Å². The molecule has 2 N–H and O–H groups in total. The Morgan fingerprint density at radius 3 is 2.58 bits per heavy atom. The lowest BCUT2D eigenvalue weighted by atomic mass is 10.3. The summed E-state index contributed by atoms with van der Waals surface area (Å²) < 4.78 is 0. The second-order valence-corrected chi connectivity index (χ2v) is 4.96. The lowest BCUT2D eigenvalue weighted by Gasteiger charge is -2.09. The number of rotatable bonds is 7. The van der Waals surface area contributed by atoms with Crippen molar-refractivity contribution in [3.63, 3.8) is 0 Å². The minimum atomic E-state index is -0.434. The summed E-state index contributed by atoms with van der Waals surface area (Å²) >= 11 is 0. The molecule has 0 bridgehead atoms. The van der Waals surface area contributed by atoms with Crippen LogP contribution in [0.4, 0.5) is 17.3 Å². The summed E-state index contributed by atoms with van der Waals surface area (Å²) in [6.45, 7) is 5.55. The van der Waals surface area contributed by atoms with Crippen LogP contribution in [0.5, 0.6) is 0 Å². The Kier molecular flexibility index (Phi) is 4.13. The van der Waals surface area contributed by atoms with E-state index in [1.807, 2.05) is 6.92 Å². The van der Waals surface area contributed by atoms with Gasteiger partial charge in [-0.3, -0.25) is 10.1 Å². The number of anilines is 2. The fourth-order valence-corrected chi connectivity index (χ4v) is 1.97. The highest BCUT2D eigenvalue weighted by Crippen LogP contribution is 2.38. The van der Waals surface area contributed by atoms with Gasteiger partial charge in [0.2, 0.25) is 11.6 Å². The van der Waals surface area contributed by atoms with E-state index in [-0.39, 0.29) is 11.5 Å². The first-order valence-corrected chi connectivity index (χ1v) is 6.60. The molecule has 2 rings (SSSR count). The van der Waals surface area contributed by atoms with Gasteiger partial charge < -0.3 is 10.6 Å². The lowest BCUT2D eigenvalue weighted by Crippen LogP contribution is -2.12. The van der Waals surface area contributed by atoms with Crippen molar-refractivity contribution < 1.29 is 4.92 Å². The van der Waals surface area contributed by atoms with E-state index in [0.29, 0.717) is 24.2 Å². The predicted molar refractivity (Wildman–Crippen MR) is 73.2 cm³/mol. The molecule has 0 aromatic carbocycles. The van der Waals surface area contributed by atoms with Gasteiger partial charge in [-0.05, 0) is 24.7 Å². The van der Waals surface area contributed by atoms with Gasteiger partial charge in [0.05, 0.1) is 4.92 Å². The quantitative estimate of drug-likeness (QED) is 0.580. The first kappa shape index (κ1) is 13.5. The van der Waals surface area contributed by atoms with Crippen molar-refractivity contribution in [2.75, 3.05) is 23.7 Å². The summed E-state index contributed by atoms with van der Waals surface area (Å²) in [7, 11) is 0. The molecule has 7 heteroatoms. The van der Waals surface area contributed by atoms with Crippen LogP contribution in [-0.2, 0) is 0 Å². The number of nitrogens with one attached hydrogen (secondary N) is 2. The van der Waals surface area contributed by atoms with Gasteiger partial charge in [-0.2, -0.15) is 0 Å². The molecular formula is C12H19N5O2. The third-order valence-electron chi connectivity index (χ3n) is 3.36. The predicted octanol–water partition coefficient (Wildman–Crippen LogP) is 2.27. The SMILES string of the molecule is CCCNc1ncnc(NCC2CC2C)c1[N+](=O)[O-]. The highest BCUT2D eigenvalue weighted by molar-refractivity contribution is 5.69. The monoisotopic (exact) mass is 265 g/mol. The van der Waals surface area contributed by atoms with Crippen LogP contribution >= 0.6 is 0 Å². The summed E-state index contributed by atoms with van der Waals surface area (Å²) in [6.07, 6.45) is 3.40. The first-order chi connectivity index (χ1) is 9.13. The summed E-state index contributed by atoms with van der Waals surface area (Å²) in [5, 5.41) is 17.2. The van der Waals surface area contributed by atoms with Crippen molar-refractivity contribution >= 4 is 17.3 Å². The second kappa shape index (κ2) is 5.81. The zero-order chi connectivity index (χ0) is 13.8. The van der Waals surface area contributed by atoms with Crippen molar-refractivity contribution in [3.8, 4) is 0 Å². The molecule has 0 aliphatic heterocycles. The molecule has 0 radical (unpaired) electrons. The number of nitrogens with zero attached hydrogens (tertiary/aromatic N) is 3. The van der Waals surface area contributed by atoms with Crippen molar-refractivity contribution in [1.29, 1.82) is 0 Å². The van der Waals surface area contributed by atoms with Gasteiger partial charge >= 0.3 is 5.69 Å². The first-order valence-electron chi connectivity index (χ1n) is 6.60. The van der Waals surface area contributed by atoms with Gasteiger partial charge in [-0.1, -0.05) is 13.8 Å². The largest absolute Gasteiger partial charge is 0.364 e. The third-order valence-corrected chi connectivity index (χ3v) is 3.36. The molecule has 1 aliphatic carbocycles. The molecule has 1 aromatic rings. The molecule has 2 unspecified atom stereocenters. The fourth-order valence-electron chi connectivity index (χ4n) is 1.97. The Balaban J connectivity index is 2.13. The van der Waals surface area contributed by atoms with Gasteiger partial charge in [0.25, 0.3) is 0 Å². The lowest BCUT2D eigenvalue weighted by molar-refractivity contribution is -0.383. The third kappa shape index (κ3) is 3.30. The highest BCUT2D eigenvalue weighted by atomic mass is 16.6. The normalized spacial score (nSPS) is 20.9. The Morgan fingerprint density at radius 1 is 1.42 bits per heavy atom. The van der Waals surface area contributed by atoms with Gasteiger partial charge in [0.15, 0.2) is 0 Å². The molecule has 2 atom stereocenters. The minimum Gasteiger partial charge on any atom is -0.364 e. The van der Waals surface area contributed by atoms with E-state index < -0.39 is 4.92 Å². The minimum absolute atomic E-state index is 0.0655. The molecule has 1 aliphatic rings. The summed E-state index contributed by atoms with van der Waals surface area (Å²) in [6, 6.07) is 0. The van der Waals surface area contributed by atoms with E-state index in [1.54, 1.807) is 0 Å². The van der Waals surface area contributed by atoms with Gasteiger partial charge in [0, 0.05) is 13.1 Å². The Labute approximate surface area is 112 Å². The second-order valence-electron chi connectivity index (χ2n) is 4.96. The maximum atomic E-state index is 11.2. The maximum Gasteiger partial charge on any atom is 0.353 e. The maximum absolute atomic E-state index is 11.2. The highest BCUT2D eigenvalue weighted by Gasteiger charge is 2.33. The van der Waals surface area contributed by atoms with Crippen molar-refractivity contribution in [2.45, 2.75) is 26.7 Å². The van der Waals surface area contributed by atoms with Gasteiger partial charge in [0.1, 0.15) is 6.33 Å². The Morgan fingerprint density at radius 2 is 2.05 bits per heavy atom. The molecule has 7 nitrogen and oxygen atoms in total. The Bertz CT molecular complexity index is 465. The Hall–Kier alpha value is -1.92. The van der Waals surface area contributed by atoms with Crippen LogP contribution in [0.1, 0.15) is 26.7 Å². The topological polar surface area (TPSA) is 93.0 Å². The fraction of sp³-hybridized carbons (Fsp3) is 0.667. The molecule has 104 valence electrons. The van der Waals surface area contributed by atoms with E-state index in [4.69, 9.17) is 0 Å². The standard InChI is InChI=1S/C12H19N5O2/c1-3-4-13-11-10(17(18)19)12(16-7-15-11)14-6-9-5-8(9)2/h7-9H,3-6H2,1-2H3,(H2,13,14,15,16). The van der Waals surface area contributed by atoms with E-state index in [1.165, 1.54) is 12.7 Å². The summed E-state index contributed by atoms with van der Waals surface area (Å²) in [5.41, 5.74) is -0.0655. The smallest absolute Gasteiger partial charge is 0.353 e. The molecule has 1 aromatic heterocycles. The molecule has 0 amide bonds. The zero-order valence-corrected chi connectivity index (χ0v) is 11.2. The van der Waals surface area contributed by atoms with E-state index in [9.17, 15) is 10.1 Å². The summed E-state index contributed by atoms with van der Waals surface area (Å²) in [4.78, 5) is 18.7. The van der Waals surface area contributed by atoms with Crippen LogP contribution in [0, 0.1) is 22.0 Å². The molecule has 1 fully saturated rings. The van der Waals surface area contributed by atoms with Gasteiger partial charge in [-0.15, -0.1) is 0 Å². The summed E-state index contributed by atoms with van der Waals surface area (Å²) in [5.74, 6) is 1.89. The van der Waals surface area contributed by atoms with Crippen LogP contribution in [0.15, 0.2) is 6.33 Å². The number of nitro groups is 1. The van der Waals surface area contributed by atoms with E-state index in [2.05, 4.69) is 27.5 Å². The molecule has 19 heavy (non-hydrogen) atoms. The average Bonchev–Trinajstić information content (AvgIpc) is 3.09. The number of aromatic nitrogens is 2. The van der Waals surface area contributed by atoms with Crippen LogP contribution in [0.2, 0.25) is 0 Å². The van der Waals surface area contributed by atoms with E-state index in [0.717, 1.165) is 13.0 Å². The van der Waals surface area contributed by atoms with Crippen LogP contribution in [-0.4, -0.2) is 28.0 Å². The van der Waals surface area contributed by atoms with Gasteiger partial charge in [-0.25, -0.2) is 9.97 Å². The zero-order valence-electron chi connectivity index (χ0n) is 11.2. The molecule has 1 heterocycles.